The van der Waals surface area contributed by atoms with Crippen molar-refractivity contribution >= 4 is 5.69 Å². The van der Waals surface area contributed by atoms with Crippen molar-refractivity contribution in [3.63, 3.8) is 0 Å². The summed E-state index contributed by atoms with van der Waals surface area (Å²) in [6.45, 7) is 9.07. The van der Waals surface area contributed by atoms with E-state index in [4.69, 9.17) is 4.74 Å². The summed E-state index contributed by atoms with van der Waals surface area (Å²) in [5.41, 5.74) is 3.74. The van der Waals surface area contributed by atoms with E-state index in [-0.39, 0.29) is 0 Å². The average molecular weight is 340 g/mol. The van der Waals surface area contributed by atoms with Gasteiger partial charge in [0.15, 0.2) is 0 Å². The summed E-state index contributed by atoms with van der Waals surface area (Å²) in [6.07, 6.45) is -0.466. The van der Waals surface area contributed by atoms with Gasteiger partial charge in [0.1, 0.15) is 18.5 Å². The Hall–Kier alpha value is -2.04. The molecule has 3 rings (SSSR count). The Balaban J connectivity index is 1.41. The first-order valence-corrected chi connectivity index (χ1v) is 9.01. The molecule has 1 aliphatic heterocycles. The molecule has 2 aromatic rings. The van der Waals surface area contributed by atoms with Crippen molar-refractivity contribution in [2.45, 2.75) is 20.0 Å². The fraction of sp³-hybridized carbons (Fsp3) is 0.429. The second kappa shape index (κ2) is 8.37. The number of hydrogen-bond donors (Lipinski definition) is 1. The Kier molecular flexibility index (Phi) is 5.95. The highest BCUT2D eigenvalue weighted by atomic mass is 16.5. The number of ether oxygens (including phenoxy) is 1. The average Bonchev–Trinajstić information content (AvgIpc) is 2.62. The lowest BCUT2D eigenvalue weighted by Crippen LogP contribution is -2.49. The Bertz CT molecular complexity index is 664. The predicted octanol–water partition coefficient (Wildman–Crippen LogP) is 2.87. The number of benzene rings is 2. The van der Waals surface area contributed by atoms with Gasteiger partial charge >= 0.3 is 0 Å². The van der Waals surface area contributed by atoms with Gasteiger partial charge in [0, 0.05) is 38.4 Å². The Morgan fingerprint density at radius 3 is 2.36 bits per heavy atom. The maximum atomic E-state index is 10.3. The molecule has 0 amide bonds. The lowest BCUT2D eigenvalue weighted by Gasteiger charge is -2.36. The van der Waals surface area contributed by atoms with Gasteiger partial charge in [-0.25, -0.2) is 0 Å². The summed E-state index contributed by atoms with van der Waals surface area (Å²) >= 11 is 0. The van der Waals surface area contributed by atoms with Crippen LogP contribution in [-0.4, -0.2) is 55.4 Å². The highest BCUT2D eigenvalue weighted by Gasteiger charge is 2.19. The highest BCUT2D eigenvalue weighted by molar-refractivity contribution is 5.47. The van der Waals surface area contributed by atoms with E-state index < -0.39 is 6.10 Å². The normalized spacial score (nSPS) is 16.7. The van der Waals surface area contributed by atoms with Crippen LogP contribution in [0.5, 0.6) is 5.75 Å². The molecule has 1 N–H and O–H groups in total. The van der Waals surface area contributed by atoms with E-state index in [1.54, 1.807) is 0 Å². The molecule has 1 aliphatic rings. The third-order valence-electron chi connectivity index (χ3n) is 4.67. The van der Waals surface area contributed by atoms with Gasteiger partial charge < -0.3 is 14.7 Å². The van der Waals surface area contributed by atoms with Crippen molar-refractivity contribution in [3.05, 3.63) is 59.7 Å². The van der Waals surface area contributed by atoms with Gasteiger partial charge in [-0.05, 0) is 43.7 Å². The molecule has 1 saturated heterocycles. The van der Waals surface area contributed by atoms with Gasteiger partial charge in [0.25, 0.3) is 0 Å². The van der Waals surface area contributed by atoms with Crippen LogP contribution in [0.15, 0.2) is 48.5 Å². The molecule has 0 saturated carbocycles. The van der Waals surface area contributed by atoms with E-state index in [9.17, 15) is 5.11 Å². The SMILES string of the molecule is Cc1ccc(N2CCN(C[C@@H](O)COc3cccc(C)c3)CC2)cc1. The number of rotatable bonds is 6. The van der Waals surface area contributed by atoms with Crippen LogP contribution in [0.1, 0.15) is 11.1 Å². The molecule has 1 fully saturated rings. The predicted molar refractivity (Wildman–Crippen MR) is 103 cm³/mol. The first-order chi connectivity index (χ1) is 12.1. The zero-order valence-corrected chi connectivity index (χ0v) is 15.2. The Labute approximate surface area is 150 Å². The Morgan fingerprint density at radius 2 is 1.68 bits per heavy atom. The fourth-order valence-corrected chi connectivity index (χ4v) is 3.19. The van der Waals surface area contributed by atoms with E-state index in [0.29, 0.717) is 13.2 Å². The number of β-amino-alcohol motifs (C(OH)–C–C–N with tert-alkyl or cyclic N) is 1. The quantitative estimate of drug-likeness (QED) is 0.877. The maximum absolute atomic E-state index is 10.3. The highest BCUT2D eigenvalue weighted by Crippen LogP contribution is 2.17. The van der Waals surface area contributed by atoms with Crippen molar-refractivity contribution in [2.24, 2.45) is 0 Å². The zero-order chi connectivity index (χ0) is 17.6. The molecule has 2 aromatic carbocycles. The molecule has 0 aromatic heterocycles. The van der Waals surface area contributed by atoms with Crippen molar-refractivity contribution < 1.29 is 9.84 Å². The lowest BCUT2D eigenvalue weighted by molar-refractivity contribution is 0.0663. The van der Waals surface area contributed by atoms with Crippen molar-refractivity contribution in [2.75, 3.05) is 44.2 Å². The fourth-order valence-electron chi connectivity index (χ4n) is 3.19. The van der Waals surface area contributed by atoms with Crippen LogP contribution in [0.2, 0.25) is 0 Å². The van der Waals surface area contributed by atoms with Gasteiger partial charge in [0.05, 0.1) is 0 Å². The molecule has 0 bridgehead atoms. The van der Waals surface area contributed by atoms with E-state index in [1.165, 1.54) is 16.8 Å². The standard InChI is InChI=1S/C21H28N2O2/c1-17-6-8-19(9-7-17)23-12-10-22(11-13-23)15-20(24)16-25-21-5-3-4-18(2)14-21/h3-9,14,20,24H,10-13,15-16H2,1-2H3/t20-/m1/s1. The summed E-state index contributed by atoms with van der Waals surface area (Å²) in [5, 5.41) is 10.3. The molecular formula is C21H28N2O2. The van der Waals surface area contributed by atoms with Crippen LogP contribution in [0.3, 0.4) is 0 Å². The molecular weight excluding hydrogens is 312 g/mol. The summed E-state index contributed by atoms with van der Waals surface area (Å²) in [7, 11) is 0. The van der Waals surface area contributed by atoms with Crippen LogP contribution in [0.25, 0.3) is 0 Å². The van der Waals surface area contributed by atoms with Crippen LogP contribution in [0.4, 0.5) is 5.69 Å². The van der Waals surface area contributed by atoms with Crippen molar-refractivity contribution in [1.82, 2.24) is 4.90 Å². The lowest BCUT2D eigenvalue weighted by atomic mass is 10.2. The van der Waals surface area contributed by atoms with Gasteiger partial charge in [-0.1, -0.05) is 29.8 Å². The maximum Gasteiger partial charge on any atom is 0.119 e. The molecule has 0 radical (unpaired) electrons. The number of hydrogen-bond acceptors (Lipinski definition) is 4. The molecule has 4 heteroatoms. The molecule has 0 spiro atoms. The molecule has 134 valence electrons. The minimum absolute atomic E-state index is 0.335. The summed E-state index contributed by atoms with van der Waals surface area (Å²) < 4.78 is 5.70. The van der Waals surface area contributed by atoms with Crippen LogP contribution >= 0.6 is 0 Å². The van der Waals surface area contributed by atoms with Crippen LogP contribution in [-0.2, 0) is 0 Å². The smallest absolute Gasteiger partial charge is 0.119 e. The van der Waals surface area contributed by atoms with E-state index in [0.717, 1.165) is 31.9 Å². The number of piperazine rings is 1. The monoisotopic (exact) mass is 340 g/mol. The molecule has 0 aliphatic carbocycles. The minimum atomic E-state index is -0.466. The Morgan fingerprint density at radius 1 is 0.960 bits per heavy atom. The molecule has 1 heterocycles. The molecule has 1 atom stereocenters. The molecule has 25 heavy (non-hydrogen) atoms. The minimum Gasteiger partial charge on any atom is -0.491 e. The first kappa shape index (κ1) is 17.8. The first-order valence-electron chi connectivity index (χ1n) is 9.01. The summed E-state index contributed by atoms with van der Waals surface area (Å²) in [6, 6.07) is 16.6. The number of aliphatic hydroxyl groups excluding tert-OH is 1. The van der Waals surface area contributed by atoms with Gasteiger partial charge in [-0.3, -0.25) is 4.90 Å². The topological polar surface area (TPSA) is 35.9 Å². The summed E-state index contributed by atoms with van der Waals surface area (Å²) in [4.78, 5) is 4.72. The van der Waals surface area contributed by atoms with Crippen LogP contribution < -0.4 is 9.64 Å². The number of aryl methyl sites for hydroxylation is 2. The van der Waals surface area contributed by atoms with Crippen molar-refractivity contribution in [3.8, 4) is 5.75 Å². The largest absolute Gasteiger partial charge is 0.491 e. The van der Waals surface area contributed by atoms with Gasteiger partial charge in [-0.2, -0.15) is 0 Å². The van der Waals surface area contributed by atoms with Crippen LogP contribution in [0, 0.1) is 13.8 Å². The third-order valence-corrected chi connectivity index (χ3v) is 4.67. The molecule has 4 nitrogen and oxygen atoms in total. The second-order valence-electron chi connectivity index (χ2n) is 6.90. The molecule has 0 unspecified atom stereocenters. The summed E-state index contributed by atoms with van der Waals surface area (Å²) in [5.74, 6) is 0.822. The second-order valence-corrected chi connectivity index (χ2v) is 6.90. The number of aliphatic hydroxyl groups is 1. The van der Waals surface area contributed by atoms with Gasteiger partial charge in [-0.15, -0.1) is 0 Å². The van der Waals surface area contributed by atoms with E-state index in [1.807, 2.05) is 31.2 Å². The van der Waals surface area contributed by atoms with E-state index in [2.05, 4.69) is 41.0 Å². The number of nitrogens with zero attached hydrogens (tertiary/aromatic N) is 2. The van der Waals surface area contributed by atoms with Gasteiger partial charge in [0.2, 0.25) is 0 Å². The number of anilines is 1. The third kappa shape index (κ3) is 5.21. The van der Waals surface area contributed by atoms with Crippen molar-refractivity contribution in [1.29, 1.82) is 0 Å². The van der Waals surface area contributed by atoms with E-state index >= 15 is 0 Å². The zero-order valence-electron chi connectivity index (χ0n) is 15.2.